The second-order valence-electron chi connectivity index (χ2n) is 7.27. The van der Waals surface area contributed by atoms with Gasteiger partial charge in [-0.1, -0.05) is 12.8 Å². The highest BCUT2D eigenvalue weighted by Gasteiger charge is 2.59. The van der Waals surface area contributed by atoms with Crippen LogP contribution >= 0.6 is 0 Å². The van der Waals surface area contributed by atoms with Gasteiger partial charge in [-0.05, 0) is 57.3 Å². The van der Waals surface area contributed by atoms with Crippen molar-refractivity contribution in [3.05, 3.63) is 0 Å². The minimum absolute atomic E-state index is 0.553. The summed E-state index contributed by atoms with van der Waals surface area (Å²) in [6.45, 7) is 3.04. The van der Waals surface area contributed by atoms with Crippen molar-refractivity contribution in [2.45, 2.75) is 76.5 Å². The maximum absolute atomic E-state index is 5.95. The van der Waals surface area contributed by atoms with Gasteiger partial charge in [0, 0.05) is 24.1 Å². The minimum atomic E-state index is 0.553. The van der Waals surface area contributed by atoms with Crippen LogP contribution in [0, 0.1) is 17.3 Å². The Labute approximate surface area is 111 Å². The van der Waals surface area contributed by atoms with Crippen molar-refractivity contribution in [2.75, 3.05) is 6.61 Å². The molecule has 2 nitrogen and oxygen atoms in total. The Kier molecular flexibility index (Phi) is 2.74. The Morgan fingerprint density at radius 1 is 1.17 bits per heavy atom. The van der Waals surface area contributed by atoms with Gasteiger partial charge in [0.2, 0.25) is 0 Å². The molecule has 0 aromatic rings. The summed E-state index contributed by atoms with van der Waals surface area (Å²) < 4.78 is 5.95. The quantitative estimate of drug-likeness (QED) is 0.826. The molecule has 4 rings (SSSR count). The molecule has 4 aliphatic rings. The van der Waals surface area contributed by atoms with Crippen LogP contribution in [0.15, 0.2) is 0 Å². The zero-order valence-corrected chi connectivity index (χ0v) is 11.7. The third kappa shape index (κ3) is 1.54. The van der Waals surface area contributed by atoms with Gasteiger partial charge in [0.25, 0.3) is 0 Å². The van der Waals surface area contributed by atoms with E-state index in [9.17, 15) is 0 Å². The van der Waals surface area contributed by atoms with Crippen LogP contribution in [0.25, 0.3) is 0 Å². The van der Waals surface area contributed by atoms with Crippen LogP contribution in [0.5, 0.6) is 0 Å². The standard InChI is InChI=1S/C16H27NO/c1-2-18-15-10-14(16(15)6-3-7-16)17-13-9-11-4-5-12(13)8-11/h11-15,17H,2-10H2,1H3. The average molecular weight is 249 g/mol. The first kappa shape index (κ1) is 11.7. The summed E-state index contributed by atoms with van der Waals surface area (Å²) in [6, 6.07) is 1.64. The summed E-state index contributed by atoms with van der Waals surface area (Å²) in [5, 5.41) is 4.05. The van der Waals surface area contributed by atoms with Crippen molar-refractivity contribution in [2.24, 2.45) is 17.3 Å². The lowest BCUT2D eigenvalue weighted by Crippen LogP contribution is -2.68. The maximum Gasteiger partial charge on any atom is 0.0661 e. The molecule has 0 aromatic heterocycles. The first-order chi connectivity index (χ1) is 8.82. The molecule has 4 aliphatic carbocycles. The lowest BCUT2D eigenvalue weighted by molar-refractivity contribution is -0.175. The van der Waals surface area contributed by atoms with Gasteiger partial charge in [-0.15, -0.1) is 0 Å². The van der Waals surface area contributed by atoms with Crippen LogP contribution in [0.2, 0.25) is 0 Å². The molecule has 4 saturated carbocycles. The van der Waals surface area contributed by atoms with Crippen LogP contribution in [0.3, 0.4) is 0 Å². The Balaban J connectivity index is 1.38. The molecule has 0 aromatic carbocycles. The fourth-order valence-electron chi connectivity index (χ4n) is 5.38. The Morgan fingerprint density at radius 2 is 2.06 bits per heavy atom. The molecule has 5 atom stereocenters. The molecule has 4 fully saturated rings. The molecule has 0 amide bonds. The summed E-state index contributed by atoms with van der Waals surface area (Å²) in [6.07, 6.45) is 12.1. The topological polar surface area (TPSA) is 21.3 Å². The van der Waals surface area contributed by atoms with Gasteiger partial charge in [-0.3, -0.25) is 0 Å². The molecular weight excluding hydrogens is 222 g/mol. The molecule has 5 unspecified atom stereocenters. The molecule has 18 heavy (non-hydrogen) atoms. The van der Waals surface area contributed by atoms with Gasteiger partial charge >= 0.3 is 0 Å². The fourth-order valence-corrected chi connectivity index (χ4v) is 5.38. The van der Waals surface area contributed by atoms with Crippen molar-refractivity contribution in [1.82, 2.24) is 5.32 Å². The van der Waals surface area contributed by atoms with Crippen LogP contribution in [-0.2, 0) is 4.74 Å². The SMILES string of the molecule is CCOC1CC(NC2CC3CCC2C3)C12CCC2. The highest BCUT2D eigenvalue weighted by molar-refractivity contribution is 5.13. The predicted octanol–water partition coefficient (Wildman–Crippen LogP) is 3.11. The number of fused-ring (bicyclic) bond motifs is 2. The fraction of sp³-hybridized carbons (Fsp3) is 1.00. The molecule has 0 heterocycles. The zero-order valence-electron chi connectivity index (χ0n) is 11.7. The number of ether oxygens (including phenoxy) is 1. The summed E-state index contributed by atoms with van der Waals surface area (Å²) in [5.74, 6) is 2.07. The van der Waals surface area contributed by atoms with Gasteiger partial charge in [-0.2, -0.15) is 0 Å². The van der Waals surface area contributed by atoms with E-state index in [1.807, 2.05) is 0 Å². The highest BCUT2D eigenvalue weighted by atomic mass is 16.5. The molecule has 0 saturated heterocycles. The number of hydrogen-bond donors (Lipinski definition) is 1. The molecule has 102 valence electrons. The third-order valence-electron chi connectivity index (χ3n) is 6.59. The van der Waals surface area contributed by atoms with Crippen LogP contribution in [-0.4, -0.2) is 24.8 Å². The second kappa shape index (κ2) is 4.21. The van der Waals surface area contributed by atoms with E-state index in [1.165, 1.54) is 51.4 Å². The molecular formula is C16H27NO. The van der Waals surface area contributed by atoms with Gasteiger partial charge in [0.15, 0.2) is 0 Å². The molecule has 2 heteroatoms. The summed E-state index contributed by atoms with van der Waals surface area (Å²) in [5.41, 5.74) is 0.553. The van der Waals surface area contributed by atoms with Crippen molar-refractivity contribution >= 4 is 0 Å². The normalized spacial score (nSPS) is 48.2. The molecule has 1 spiro atoms. The Bertz CT molecular complexity index is 325. The minimum Gasteiger partial charge on any atom is -0.378 e. The van der Waals surface area contributed by atoms with Crippen molar-refractivity contribution in [1.29, 1.82) is 0 Å². The summed E-state index contributed by atoms with van der Waals surface area (Å²) in [4.78, 5) is 0. The molecule has 0 radical (unpaired) electrons. The molecule has 1 N–H and O–H groups in total. The number of rotatable bonds is 4. The van der Waals surface area contributed by atoms with Crippen LogP contribution in [0.4, 0.5) is 0 Å². The monoisotopic (exact) mass is 249 g/mol. The first-order valence-corrected chi connectivity index (χ1v) is 8.19. The van der Waals surface area contributed by atoms with Gasteiger partial charge in [0.1, 0.15) is 0 Å². The number of nitrogens with one attached hydrogen (secondary N) is 1. The lowest BCUT2D eigenvalue weighted by atomic mass is 9.50. The van der Waals surface area contributed by atoms with Crippen molar-refractivity contribution < 1.29 is 4.74 Å². The van der Waals surface area contributed by atoms with Gasteiger partial charge in [-0.25, -0.2) is 0 Å². The van der Waals surface area contributed by atoms with E-state index in [4.69, 9.17) is 4.74 Å². The van der Waals surface area contributed by atoms with Gasteiger partial charge < -0.3 is 10.1 Å². The van der Waals surface area contributed by atoms with E-state index in [-0.39, 0.29) is 0 Å². The average Bonchev–Trinajstić information content (AvgIpc) is 2.87. The van der Waals surface area contributed by atoms with Crippen molar-refractivity contribution in [3.8, 4) is 0 Å². The van der Waals surface area contributed by atoms with E-state index >= 15 is 0 Å². The third-order valence-corrected chi connectivity index (χ3v) is 6.59. The molecule has 0 aliphatic heterocycles. The number of hydrogen-bond acceptors (Lipinski definition) is 2. The van der Waals surface area contributed by atoms with Gasteiger partial charge in [0.05, 0.1) is 6.10 Å². The predicted molar refractivity (Wildman–Crippen MR) is 72.5 cm³/mol. The van der Waals surface area contributed by atoms with E-state index in [2.05, 4.69) is 12.2 Å². The highest BCUT2D eigenvalue weighted by Crippen LogP contribution is 2.58. The van der Waals surface area contributed by atoms with Crippen molar-refractivity contribution in [3.63, 3.8) is 0 Å². The lowest BCUT2D eigenvalue weighted by Gasteiger charge is -2.62. The Hall–Kier alpha value is -0.0800. The summed E-state index contributed by atoms with van der Waals surface area (Å²) >= 11 is 0. The zero-order chi connectivity index (χ0) is 12.2. The maximum atomic E-state index is 5.95. The smallest absolute Gasteiger partial charge is 0.0661 e. The second-order valence-corrected chi connectivity index (χ2v) is 7.27. The van der Waals surface area contributed by atoms with E-state index in [0.717, 1.165) is 30.5 Å². The van der Waals surface area contributed by atoms with Crippen LogP contribution < -0.4 is 5.32 Å². The van der Waals surface area contributed by atoms with E-state index < -0.39 is 0 Å². The first-order valence-electron chi connectivity index (χ1n) is 8.19. The largest absolute Gasteiger partial charge is 0.378 e. The Morgan fingerprint density at radius 3 is 2.61 bits per heavy atom. The summed E-state index contributed by atoms with van der Waals surface area (Å²) in [7, 11) is 0. The van der Waals surface area contributed by atoms with E-state index in [0.29, 0.717) is 11.5 Å². The van der Waals surface area contributed by atoms with E-state index in [1.54, 1.807) is 0 Å². The molecule has 2 bridgehead atoms. The van der Waals surface area contributed by atoms with Crippen LogP contribution in [0.1, 0.15) is 58.3 Å².